The molecule has 100 valence electrons. The number of aromatic carboxylic acids is 1. The summed E-state index contributed by atoms with van der Waals surface area (Å²) in [6.07, 6.45) is 0. The first-order chi connectivity index (χ1) is 9.02. The first-order valence-corrected chi connectivity index (χ1v) is 5.58. The van der Waals surface area contributed by atoms with Crippen molar-refractivity contribution >= 4 is 11.7 Å². The molecule has 1 aromatic carbocycles. The highest BCUT2D eigenvalue weighted by atomic mass is 16.5. The second-order valence-corrected chi connectivity index (χ2v) is 4.16. The van der Waals surface area contributed by atoms with Crippen LogP contribution in [-0.4, -0.2) is 37.4 Å². The van der Waals surface area contributed by atoms with Crippen LogP contribution in [0.1, 0.15) is 10.6 Å². The van der Waals surface area contributed by atoms with E-state index in [4.69, 9.17) is 14.4 Å². The maximum absolute atomic E-state index is 10.8. The summed E-state index contributed by atoms with van der Waals surface area (Å²) in [5.41, 5.74) is 2.10. The summed E-state index contributed by atoms with van der Waals surface area (Å²) in [5.74, 6) is -0.670. The Kier molecular flexibility index (Phi) is 3.41. The second-order valence-electron chi connectivity index (χ2n) is 4.16. The lowest BCUT2D eigenvalue weighted by molar-refractivity contribution is 0.0652. The Balaban J connectivity index is 2.54. The average molecular weight is 262 g/mol. The van der Waals surface area contributed by atoms with Crippen LogP contribution < -0.4 is 9.64 Å². The summed E-state index contributed by atoms with van der Waals surface area (Å²) >= 11 is 0. The van der Waals surface area contributed by atoms with E-state index in [0.29, 0.717) is 11.4 Å². The highest BCUT2D eigenvalue weighted by molar-refractivity contribution is 5.87. The van der Waals surface area contributed by atoms with E-state index in [-0.39, 0.29) is 5.76 Å². The molecule has 0 saturated heterocycles. The zero-order chi connectivity index (χ0) is 14.0. The SMILES string of the molecule is COc1ccc(N(C)C)c(-c2cc(C(=O)O)on2)c1. The number of anilines is 1. The monoisotopic (exact) mass is 262 g/mol. The fourth-order valence-electron chi connectivity index (χ4n) is 1.74. The van der Waals surface area contributed by atoms with Crippen molar-refractivity contribution in [3.05, 3.63) is 30.0 Å². The molecule has 0 saturated carbocycles. The van der Waals surface area contributed by atoms with Gasteiger partial charge in [0.1, 0.15) is 11.4 Å². The zero-order valence-corrected chi connectivity index (χ0v) is 10.9. The molecular formula is C13H14N2O4. The van der Waals surface area contributed by atoms with Gasteiger partial charge >= 0.3 is 5.97 Å². The third kappa shape index (κ3) is 2.52. The minimum absolute atomic E-state index is 0.192. The number of ether oxygens (including phenoxy) is 1. The predicted octanol–water partition coefficient (Wildman–Crippen LogP) is 2.11. The van der Waals surface area contributed by atoms with Crippen molar-refractivity contribution < 1.29 is 19.2 Å². The van der Waals surface area contributed by atoms with Gasteiger partial charge in [-0.2, -0.15) is 0 Å². The highest BCUT2D eigenvalue weighted by Crippen LogP contribution is 2.32. The van der Waals surface area contributed by atoms with Crippen molar-refractivity contribution in [1.29, 1.82) is 0 Å². The molecule has 19 heavy (non-hydrogen) atoms. The molecule has 0 unspecified atom stereocenters. The molecule has 0 radical (unpaired) electrons. The van der Waals surface area contributed by atoms with Gasteiger partial charge in [-0.1, -0.05) is 5.16 Å². The summed E-state index contributed by atoms with van der Waals surface area (Å²) in [7, 11) is 5.35. The lowest BCUT2D eigenvalue weighted by atomic mass is 10.1. The van der Waals surface area contributed by atoms with Crippen LogP contribution >= 0.6 is 0 Å². The maximum Gasteiger partial charge on any atom is 0.374 e. The van der Waals surface area contributed by atoms with E-state index >= 15 is 0 Å². The Hall–Kier alpha value is -2.50. The fraction of sp³-hybridized carbons (Fsp3) is 0.231. The number of nitrogens with zero attached hydrogens (tertiary/aromatic N) is 2. The number of benzene rings is 1. The van der Waals surface area contributed by atoms with Crippen molar-refractivity contribution in [2.45, 2.75) is 0 Å². The van der Waals surface area contributed by atoms with Crippen LogP contribution in [0.5, 0.6) is 5.75 Å². The number of hydrogen-bond donors (Lipinski definition) is 1. The first-order valence-electron chi connectivity index (χ1n) is 5.58. The van der Waals surface area contributed by atoms with Crippen LogP contribution in [0.4, 0.5) is 5.69 Å². The molecule has 2 rings (SSSR count). The normalized spacial score (nSPS) is 10.3. The van der Waals surface area contributed by atoms with E-state index in [9.17, 15) is 4.79 Å². The lowest BCUT2D eigenvalue weighted by Gasteiger charge is -2.16. The Bertz CT molecular complexity index is 604. The molecule has 0 bridgehead atoms. The minimum atomic E-state index is -1.15. The van der Waals surface area contributed by atoms with E-state index in [1.807, 2.05) is 31.1 Å². The van der Waals surface area contributed by atoms with Crippen LogP contribution in [0.2, 0.25) is 0 Å². The van der Waals surface area contributed by atoms with Gasteiger partial charge in [0.05, 0.1) is 7.11 Å². The van der Waals surface area contributed by atoms with Gasteiger partial charge in [-0.15, -0.1) is 0 Å². The van der Waals surface area contributed by atoms with Gasteiger partial charge in [0.2, 0.25) is 5.76 Å². The molecule has 0 amide bonds. The highest BCUT2D eigenvalue weighted by Gasteiger charge is 2.16. The second kappa shape index (κ2) is 5.01. The number of carboxylic acid groups (broad SMARTS) is 1. The van der Waals surface area contributed by atoms with Crippen LogP contribution in [0.15, 0.2) is 28.8 Å². The molecule has 0 aliphatic rings. The van der Waals surface area contributed by atoms with E-state index < -0.39 is 5.97 Å². The molecule has 0 spiro atoms. The van der Waals surface area contributed by atoms with E-state index in [0.717, 1.165) is 11.3 Å². The minimum Gasteiger partial charge on any atom is -0.497 e. The van der Waals surface area contributed by atoms with Crippen molar-refractivity contribution in [2.24, 2.45) is 0 Å². The topological polar surface area (TPSA) is 75.8 Å². The Morgan fingerprint density at radius 2 is 2.11 bits per heavy atom. The molecule has 0 atom stereocenters. The first kappa shape index (κ1) is 12.9. The number of rotatable bonds is 4. The molecule has 0 aliphatic carbocycles. The standard InChI is InChI=1S/C13H14N2O4/c1-15(2)11-5-4-8(18-3)6-9(11)10-7-12(13(16)17)19-14-10/h4-7H,1-3H3,(H,16,17). The molecule has 1 heterocycles. The van der Waals surface area contributed by atoms with Crippen LogP contribution in [0.3, 0.4) is 0 Å². The lowest BCUT2D eigenvalue weighted by Crippen LogP contribution is -2.10. The Morgan fingerprint density at radius 3 is 2.63 bits per heavy atom. The summed E-state index contributed by atoms with van der Waals surface area (Å²) in [4.78, 5) is 12.7. The Morgan fingerprint density at radius 1 is 1.37 bits per heavy atom. The van der Waals surface area contributed by atoms with E-state index in [2.05, 4.69) is 5.16 Å². The summed E-state index contributed by atoms with van der Waals surface area (Å²) < 4.78 is 9.95. The number of carboxylic acids is 1. The molecule has 2 aromatic rings. The quantitative estimate of drug-likeness (QED) is 0.909. The van der Waals surface area contributed by atoms with Gasteiger partial charge in [0.15, 0.2) is 0 Å². The number of methoxy groups -OCH3 is 1. The van der Waals surface area contributed by atoms with Gasteiger partial charge < -0.3 is 19.3 Å². The number of aromatic nitrogens is 1. The molecular weight excluding hydrogens is 248 g/mol. The van der Waals surface area contributed by atoms with Crippen molar-refractivity contribution in [2.75, 3.05) is 26.1 Å². The number of carbonyl (C=O) groups is 1. The van der Waals surface area contributed by atoms with Crippen molar-refractivity contribution in [3.8, 4) is 17.0 Å². The van der Waals surface area contributed by atoms with Crippen molar-refractivity contribution in [3.63, 3.8) is 0 Å². The largest absolute Gasteiger partial charge is 0.497 e. The van der Waals surface area contributed by atoms with Gasteiger partial charge in [0.25, 0.3) is 0 Å². The maximum atomic E-state index is 10.8. The zero-order valence-electron chi connectivity index (χ0n) is 10.9. The third-order valence-electron chi connectivity index (χ3n) is 2.68. The summed E-state index contributed by atoms with van der Waals surface area (Å²) in [5, 5.41) is 12.6. The van der Waals surface area contributed by atoms with Gasteiger partial charge in [0, 0.05) is 31.4 Å². The van der Waals surface area contributed by atoms with Crippen LogP contribution in [0, 0.1) is 0 Å². The molecule has 1 aromatic heterocycles. The van der Waals surface area contributed by atoms with Crippen LogP contribution in [0.25, 0.3) is 11.3 Å². The average Bonchev–Trinajstić information content (AvgIpc) is 2.87. The molecule has 6 nitrogen and oxygen atoms in total. The molecule has 1 N–H and O–H groups in total. The molecule has 0 aliphatic heterocycles. The predicted molar refractivity (Wildman–Crippen MR) is 69.8 cm³/mol. The molecule has 6 heteroatoms. The van der Waals surface area contributed by atoms with Crippen molar-refractivity contribution in [1.82, 2.24) is 5.16 Å². The van der Waals surface area contributed by atoms with Crippen LogP contribution in [-0.2, 0) is 0 Å². The summed E-state index contributed by atoms with van der Waals surface area (Å²) in [6, 6.07) is 6.89. The number of hydrogen-bond acceptors (Lipinski definition) is 5. The van der Waals surface area contributed by atoms with E-state index in [1.165, 1.54) is 6.07 Å². The fourth-order valence-corrected chi connectivity index (χ4v) is 1.74. The van der Waals surface area contributed by atoms with Gasteiger partial charge in [-0.05, 0) is 18.2 Å². The van der Waals surface area contributed by atoms with Gasteiger partial charge in [-0.3, -0.25) is 0 Å². The van der Waals surface area contributed by atoms with Gasteiger partial charge in [-0.25, -0.2) is 4.79 Å². The third-order valence-corrected chi connectivity index (χ3v) is 2.68. The Labute approximate surface area is 110 Å². The smallest absolute Gasteiger partial charge is 0.374 e. The van der Waals surface area contributed by atoms with E-state index in [1.54, 1.807) is 13.2 Å². The molecule has 0 fully saturated rings. The summed E-state index contributed by atoms with van der Waals surface area (Å²) in [6.45, 7) is 0.